The van der Waals surface area contributed by atoms with E-state index in [0.29, 0.717) is 17.2 Å². The summed E-state index contributed by atoms with van der Waals surface area (Å²) >= 11 is 0. The van der Waals surface area contributed by atoms with Crippen LogP contribution in [0.2, 0.25) is 0 Å². The van der Waals surface area contributed by atoms with Crippen LogP contribution in [0.3, 0.4) is 0 Å². The van der Waals surface area contributed by atoms with Crippen LogP contribution in [-0.2, 0) is 6.18 Å². The number of fused-ring (bicyclic) bond motifs is 1. The van der Waals surface area contributed by atoms with E-state index in [0.717, 1.165) is 38.4 Å². The average molecular weight is 446 g/mol. The molecule has 3 aromatic heterocycles. The number of carbonyl (C=O) groups excluding carboxylic acids is 1. The number of rotatable bonds is 6. The Balaban J connectivity index is 1.35. The highest BCUT2D eigenvalue weighted by Crippen LogP contribution is 2.30. The molecule has 0 atom stereocenters. The van der Waals surface area contributed by atoms with Crippen LogP contribution in [0, 0.1) is 0 Å². The fourth-order valence-corrected chi connectivity index (χ4v) is 3.97. The first-order chi connectivity index (χ1) is 15.3. The average Bonchev–Trinajstić information content (AvgIpc) is 3.22. The van der Waals surface area contributed by atoms with Gasteiger partial charge in [-0.25, -0.2) is 9.97 Å². The molecule has 0 spiro atoms. The third-order valence-corrected chi connectivity index (χ3v) is 5.58. The quantitative estimate of drug-likeness (QED) is 0.525. The zero-order valence-corrected chi connectivity index (χ0v) is 17.6. The van der Waals surface area contributed by atoms with Gasteiger partial charge in [-0.05, 0) is 56.9 Å². The molecule has 1 fully saturated rings. The molecular formula is C22H25F3N6O. The molecule has 3 aromatic rings. The summed E-state index contributed by atoms with van der Waals surface area (Å²) in [6.07, 6.45) is 1.28. The Hall–Kier alpha value is -3.30. The van der Waals surface area contributed by atoms with Crippen LogP contribution in [0.15, 0.2) is 42.7 Å². The number of aromatic nitrogens is 3. The van der Waals surface area contributed by atoms with Crippen molar-refractivity contribution in [3.05, 3.63) is 54.0 Å². The molecule has 0 aromatic carbocycles. The molecule has 32 heavy (non-hydrogen) atoms. The van der Waals surface area contributed by atoms with Gasteiger partial charge in [0, 0.05) is 36.6 Å². The Kier molecular flexibility index (Phi) is 6.20. The molecule has 0 unspecified atom stereocenters. The second-order valence-electron chi connectivity index (χ2n) is 7.89. The van der Waals surface area contributed by atoms with Gasteiger partial charge >= 0.3 is 6.18 Å². The number of pyridine rings is 2. The summed E-state index contributed by atoms with van der Waals surface area (Å²) in [5, 5.41) is 9.51. The predicted octanol–water partition coefficient (Wildman–Crippen LogP) is 4.33. The number of nitrogens with zero attached hydrogens (tertiary/aromatic N) is 3. The fourth-order valence-electron chi connectivity index (χ4n) is 3.97. The summed E-state index contributed by atoms with van der Waals surface area (Å²) in [6.45, 7) is 2.68. The van der Waals surface area contributed by atoms with Crippen LogP contribution in [0.4, 0.5) is 24.8 Å². The van der Waals surface area contributed by atoms with Gasteiger partial charge in [0.05, 0.1) is 0 Å². The van der Waals surface area contributed by atoms with Gasteiger partial charge in [0.15, 0.2) is 5.69 Å². The summed E-state index contributed by atoms with van der Waals surface area (Å²) < 4.78 is 40.5. The predicted molar refractivity (Wildman–Crippen MR) is 116 cm³/mol. The highest BCUT2D eigenvalue weighted by Gasteiger charge is 2.34. The number of amides is 1. The third-order valence-electron chi connectivity index (χ3n) is 5.58. The van der Waals surface area contributed by atoms with Gasteiger partial charge in [-0.2, -0.15) is 13.2 Å². The molecule has 3 N–H and O–H groups in total. The lowest BCUT2D eigenvalue weighted by Crippen LogP contribution is -2.40. The number of hydrogen-bond acceptors (Lipinski definition) is 5. The van der Waals surface area contributed by atoms with Crippen molar-refractivity contribution in [1.29, 1.82) is 0 Å². The highest BCUT2D eigenvalue weighted by molar-refractivity contribution is 5.95. The zero-order valence-electron chi connectivity index (χ0n) is 17.6. The number of alkyl halides is 3. The number of hydrogen-bond donors (Lipinski definition) is 3. The molecule has 4 rings (SSSR count). The van der Waals surface area contributed by atoms with Crippen LogP contribution in [-0.4, -0.2) is 38.9 Å². The van der Waals surface area contributed by atoms with Crippen molar-refractivity contribution in [2.75, 3.05) is 17.2 Å². The summed E-state index contributed by atoms with van der Waals surface area (Å²) in [4.78, 5) is 20.4. The topological polar surface area (TPSA) is 83.4 Å². The van der Waals surface area contributed by atoms with E-state index in [-0.39, 0.29) is 23.6 Å². The van der Waals surface area contributed by atoms with Crippen molar-refractivity contribution >= 4 is 23.2 Å². The van der Waals surface area contributed by atoms with Gasteiger partial charge in [-0.3, -0.25) is 9.20 Å². The molecule has 10 heteroatoms. The van der Waals surface area contributed by atoms with Gasteiger partial charge < -0.3 is 16.0 Å². The van der Waals surface area contributed by atoms with E-state index in [4.69, 9.17) is 0 Å². The molecule has 0 saturated heterocycles. The second-order valence-corrected chi connectivity index (χ2v) is 7.89. The van der Waals surface area contributed by atoms with Crippen molar-refractivity contribution in [2.45, 2.75) is 50.9 Å². The summed E-state index contributed by atoms with van der Waals surface area (Å²) in [6, 6.07) is 8.55. The second kappa shape index (κ2) is 9.05. The van der Waals surface area contributed by atoms with Crippen LogP contribution in [0.1, 0.15) is 48.7 Å². The van der Waals surface area contributed by atoms with E-state index in [2.05, 4.69) is 25.9 Å². The van der Waals surface area contributed by atoms with Crippen LogP contribution < -0.4 is 16.0 Å². The molecule has 0 radical (unpaired) electrons. The Bertz CT molecular complexity index is 1090. The maximum Gasteiger partial charge on any atom is 0.434 e. The molecule has 170 valence electrons. The van der Waals surface area contributed by atoms with Gasteiger partial charge in [-0.15, -0.1) is 0 Å². The minimum atomic E-state index is -4.48. The van der Waals surface area contributed by atoms with Gasteiger partial charge in [0.2, 0.25) is 0 Å². The first kappa shape index (κ1) is 21.9. The molecule has 1 amide bonds. The van der Waals surface area contributed by atoms with Crippen molar-refractivity contribution in [3.8, 4) is 0 Å². The van der Waals surface area contributed by atoms with E-state index in [1.165, 1.54) is 4.40 Å². The summed E-state index contributed by atoms with van der Waals surface area (Å²) in [7, 11) is 0. The van der Waals surface area contributed by atoms with Crippen LogP contribution >= 0.6 is 0 Å². The molecule has 1 aliphatic rings. The van der Waals surface area contributed by atoms with E-state index in [1.807, 2.05) is 6.92 Å². The Labute approximate surface area is 183 Å². The smallest absolute Gasteiger partial charge is 0.370 e. The monoisotopic (exact) mass is 446 g/mol. The van der Waals surface area contributed by atoms with Crippen molar-refractivity contribution in [1.82, 2.24) is 19.7 Å². The molecule has 0 bridgehead atoms. The summed E-state index contributed by atoms with van der Waals surface area (Å²) in [5.74, 6) is 1.10. The van der Waals surface area contributed by atoms with Gasteiger partial charge in [-0.1, -0.05) is 6.07 Å². The van der Waals surface area contributed by atoms with Crippen LogP contribution in [0.25, 0.3) is 5.65 Å². The minimum Gasteiger partial charge on any atom is -0.370 e. The largest absolute Gasteiger partial charge is 0.434 e. The lowest BCUT2D eigenvalue weighted by Gasteiger charge is -2.30. The first-order valence-corrected chi connectivity index (χ1v) is 10.7. The molecular weight excluding hydrogens is 421 g/mol. The highest BCUT2D eigenvalue weighted by atomic mass is 19.4. The lowest BCUT2D eigenvalue weighted by molar-refractivity contribution is -0.140. The van der Waals surface area contributed by atoms with Crippen LogP contribution in [0.5, 0.6) is 0 Å². The zero-order chi connectivity index (χ0) is 22.7. The first-order valence-electron chi connectivity index (χ1n) is 10.7. The molecule has 7 nitrogen and oxygen atoms in total. The maximum absolute atomic E-state index is 13.0. The summed E-state index contributed by atoms with van der Waals surface area (Å²) in [5.41, 5.74) is -0.104. The lowest BCUT2D eigenvalue weighted by atomic mass is 9.91. The molecule has 1 aliphatic carbocycles. The Morgan fingerprint density at radius 1 is 1.16 bits per heavy atom. The fraction of sp³-hybridized carbons (Fsp3) is 0.409. The van der Waals surface area contributed by atoms with E-state index < -0.39 is 11.9 Å². The number of nitrogens with one attached hydrogen (secondary N) is 3. The van der Waals surface area contributed by atoms with E-state index >= 15 is 0 Å². The normalized spacial score (nSPS) is 19.0. The number of halogens is 3. The van der Waals surface area contributed by atoms with Gasteiger partial charge in [0.25, 0.3) is 5.91 Å². The SMILES string of the molecule is CCNc1cc(C(=O)NC2CCC(Nc3cccc4nc(C(F)(F)F)cn34)CC2)ccn1. The van der Waals surface area contributed by atoms with Crippen molar-refractivity contribution < 1.29 is 18.0 Å². The molecule has 0 aliphatic heterocycles. The number of carbonyl (C=O) groups is 1. The number of anilines is 2. The Morgan fingerprint density at radius 3 is 2.62 bits per heavy atom. The van der Waals surface area contributed by atoms with E-state index in [1.54, 1.807) is 36.5 Å². The Morgan fingerprint density at radius 2 is 1.91 bits per heavy atom. The molecule has 3 heterocycles. The minimum absolute atomic E-state index is 0.0529. The number of imidazole rings is 1. The van der Waals surface area contributed by atoms with Gasteiger partial charge in [0.1, 0.15) is 17.3 Å². The van der Waals surface area contributed by atoms with Crippen molar-refractivity contribution in [3.63, 3.8) is 0 Å². The van der Waals surface area contributed by atoms with Crippen molar-refractivity contribution in [2.24, 2.45) is 0 Å². The molecule has 1 saturated carbocycles. The third kappa shape index (κ3) is 4.95. The standard InChI is InChI=1S/C22H25F3N6O/c1-2-26-18-12-14(10-11-27-18)21(32)29-16-8-6-15(7-9-16)28-19-4-3-5-20-30-17(13-31(19)20)22(23,24)25/h3-5,10-13,15-16,28H,2,6-9H2,1H3,(H,26,27)(H,29,32). The maximum atomic E-state index is 13.0. The van der Waals surface area contributed by atoms with E-state index in [9.17, 15) is 18.0 Å².